The SMILES string of the molecule is CCCCC/C=C\CCCCCCCCCCCCCC(=O)O. The molecule has 0 spiro atoms. The highest BCUT2D eigenvalue weighted by atomic mass is 16.4. The van der Waals surface area contributed by atoms with Crippen LogP contribution in [0.3, 0.4) is 0 Å². The number of carboxylic acid groups (broad SMARTS) is 1. The molecular formula is C21H40O2. The summed E-state index contributed by atoms with van der Waals surface area (Å²) in [6.07, 6.45) is 25.7. The molecule has 2 heteroatoms. The first-order valence-corrected chi connectivity index (χ1v) is 10.1. The third-order valence-electron chi connectivity index (χ3n) is 4.40. The van der Waals surface area contributed by atoms with Crippen LogP contribution in [0.4, 0.5) is 0 Å². The van der Waals surface area contributed by atoms with Crippen molar-refractivity contribution in [3.63, 3.8) is 0 Å². The molecule has 0 rings (SSSR count). The number of unbranched alkanes of at least 4 members (excludes halogenated alkanes) is 14. The minimum Gasteiger partial charge on any atom is -0.481 e. The molecule has 0 saturated heterocycles. The topological polar surface area (TPSA) is 37.3 Å². The van der Waals surface area contributed by atoms with Gasteiger partial charge < -0.3 is 5.11 Å². The van der Waals surface area contributed by atoms with E-state index in [0.717, 1.165) is 12.8 Å². The molecule has 0 atom stereocenters. The van der Waals surface area contributed by atoms with Gasteiger partial charge in [-0.15, -0.1) is 0 Å². The van der Waals surface area contributed by atoms with Gasteiger partial charge in [0.05, 0.1) is 0 Å². The molecule has 0 aromatic carbocycles. The highest BCUT2D eigenvalue weighted by Crippen LogP contribution is 2.12. The molecule has 0 amide bonds. The van der Waals surface area contributed by atoms with Crippen LogP contribution in [0.5, 0.6) is 0 Å². The van der Waals surface area contributed by atoms with Gasteiger partial charge in [0.15, 0.2) is 0 Å². The van der Waals surface area contributed by atoms with E-state index in [1.807, 2.05) is 0 Å². The van der Waals surface area contributed by atoms with Gasteiger partial charge in [0.25, 0.3) is 0 Å². The average Bonchev–Trinajstić information content (AvgIpc) is 2.53. The molecule has 23 heavy (non-hydrogen) atoms. The van der Waals surface area contributed by atoms with Crippen molar-refractivity contribution in [3.05, 3.63) is 12.2 Å². The molecule has 0 aliphatic carbocycles. The second-order valence-electron chi connectivity index (χ2n) is 6.79. The summed E-state index contributed by atoms with van der Waals surface area (Å²) < 4.78 is 0. The molecule has 2 nitrogen and oxygen atoms in total. The van der Waals surface area contributed by atoms with Crippen LogP contribution < -0.4 is 0 Å². The molecule has 0 aliphatic rings. The zero-order valence-corrected chi connectivity index (χ0v) is 15.5. The van der Waals surface area contributed by atoms with E-state index in [-0.39, 0.29) is 0 Å². The minimum absolute atomic E-state index is 0.341. The number of hydrogen-bond acceptors (Lipinski definition) is 1. The number of carboxylic acids is 1. The average molecular weight is 325 g/mol. The summed E-state index contributed by atoms with van der Waals surface area (Å²) in [6.45, 7) is 2.26. The number of carbonyl (C=O) groups is 1. The van der Waals surface area contributed by atoms with Crippen LogP contribution in [0.1, 0.15) is 116 Å². The summed E-state index contributed by atoms with van der Waals surface area (Å²) >= 11 is 0. The lowest BCUT2D eigenvalue weighted by Crippen LogP contribution is -1.93. The van der Waals surface area contributed by atoms with Crippen LogP contribution in [-0.2, 0) is 4.79 Å². The summed E-state index contributed by atoms with van der Waals surface area (Å²) in [5, 5.41) is 8.54. The van der Waals surface area contributed by atoms with Crippen LogP contribution in [0.15, 0.2) is 12.2 Å². The van der Waals surface area contributed by atoms with Crippen molar-refractivity contribution in [1.29, 1.82) is 0 Å². The number of aliphatic carboxylic acids is 1. The molecule has 0 heterocycles. The van der Waals surface area contributed by atoms with E-state index in [1.165, 1.54) is 89.9 Å². The van der Waals surface area contributed by atoms with Crippen LogP contribution in [0.2, 0.25) is 0 Å². The van der Waals surface area contributed by atoms with Crippen molar-refractivity contribution in [2.45, 2.75) is 116 Å². The number of rotatable bonds is 18. The van der Waals surface area contributed by atoms with E-state index in [1.54, 1.807) is 0 Å². The van der Waals surface area contributed by atoms with Crippen molar-refractivity contribution >= 4 is 5.97 Å². The van der Waals surface area contributed by atoms with Gasteiger partial charge >= 0.3 is 5.97 Å². The van der Waals surface area contributed by atoms with E-state index in [4.69, 9.17) is 5.11 Å². The van der Waals surface area contributed by atoms with Crippen molar-refractivity contribution < 1.29 is 9.90 Å². The largest absolute Gasteiger partial charge is 0.481 e. The summed E-state index contributed by atoms with van der Waals surface area (Å²) in [5.74, 6) is -0.656. The predicted molar refractivity (Wildman–Crippen MR) is 101 cm³/mol. The Kier molecular flexibility index (Phi) is 18.6. The van der Waals surface area contributed by atoms with Crippen molar-refractivity contribution in [2.75, 3.05) is 0 Å². The molecule has 0 bridgehead atoms. The molecule has 0 saturated carbocycles. The summed E-state index contributed by atoms with van der Waals surface area (Å²) in [6, 6.07) is 0. The molecule has 0 unspecified atom stereocenters. The van der Waals surface area contributed by atoms with Gasteiger partial charge in [0.2, 0.25) is 0 Å². The molecule has 0 aromatic heterocycles. The van der Waals surface area contributed by atoms with Gasteiger partial charge in [0, 0.05) is 6.42 Å². The minimum atomic E-state index is -0.656. The van der Waals surface area contributed by atoms with Gasteiger partial charge in [-0.1, -0.05) is 89.7 Å². The van der Waals surface area contributed by atoms with Crippen molar-refractivity contribution in [2.24, 2.45) is 0 Å². The molecule has 1 N–H and O–H groups in total. The smallest absolute Gasteiger partial charge is 0.303 e. The fourth-order valence-corrected chi connectivity index (χ4v) is 2.88. The summed E-state index contributed by atoms with van der Waals surface area (Å²) in [7, 11) is 0. The second kappa shape index (κ2) is 19.3. The standard InChI is InChI=1S/C21H40O2/c1-2-3-4-5-6-7-8-9-10-11-12-13-14-15-16-17-18-19-20-21(22)23/h6-7H,2-5,8-20H2,1H3,(H,22,23)/b7-6-. The van der Waals surface area contributed by atoms with Gasteiger partial charge in [0.1, 0.15) is 0 Å². The molecule has 0 fully saturated rings. The molecular weight excluding hydrogens is 284 g/mol. The Bertz CT molecular complexity index is 271. The number of allylic oxidation sites excluding steroid dienone is 2. The second-order valence-corrected chi connectivity index (χ2v) is 6.79. The van der Waals surface area contributed by atoms with Crippen LogP contribution in [0.25, 0.3) is 0 Å². The summed E-state index contributed by atoms with van der Waals surface area (Å²) in [5.41, 5.74) is 0. The van der Waals surface area contributed by atoms with Crippen LogP contribution in [0, 0.1) is 0 Å². The van der Waals surface area contributed by atoms with Crippen molar-refractivity contribution in [3.8, 4) is 0 Å². The lowest BCUT2D eigenvalue weighted by atomic mass is 10.0. The Labute approximate surface area is 144 Å². The lowest BCUT2D eigenvalue weighted by Gasteiger charge is -2.02. The Morgan fingerprint density at radius 2 is 1.04 bits per heavy atom. The van der Waals surface area contributed by atoms with Crippen LogP contribution in [-0.4, -0.2) is 11.1 Å². The fourth-order valence-electron chi connectivity index (χ4n) is 2.88. The maximum atomic E-state index is 10.4. The molecule has 0 radical (unpaired) electrons. The van der Waals surface area contributed by atoms with E-state index >= 15 is 0 Å². The maximum Gasteiger partial charge on any atom is 0.303 e. The number of hydrogen-bond donors (Lipinski definition) is 1. The van der Waals surface area contributed by atoms with Crippen molar-refractivity contribution in [1.82, 2.24) is 0 Å². The van der Waals surface area contributed by atoms with Gasteiger partial charge in [-0.2, -0.15) is 0 Å². The maximum absolute atomic E-state index is 10.4. The van der Waals surface area contributed by atoms with Gasteiger partial charge in [-0.3, -0.25) is 4.79 Å². The Morgan fingerprint density at radius 1 is 0.652 bits per heavy atom. The van der Waals surface area contributed by atoms with E-state index in [2.05, 4.69) is 19.1 Å². The first kappa shape index (κ1) is 22.2. The third-order valence-corrected chi connectivity index (χ3v) is 4.40. The van der Waals surface area contributed by atoms with E-state index in [9.17, 15) is 4.79 Å². The Hall–Kier alpha value is -0.790. The van der Waals surface area contributed by atoms with Gasteiger partial charge in [-0.05, 0) is 32.1 Å². The summed E-state index contributed by atoms with van der Waals surface area (Å²) in [4.78, 5) is 10.4. The highest BCUT2D eigenvalue weighted by molar-refractivity contribution is 5.66. The Balaban J connectivity index is 3.04. The van der Waals surface area contributed by atoms with Crippen LogP contribution >= 0.6 is 0 Å². The van der Waals surface area contributed by atoms with E-state index < -0.39 is 5.97 Å². The molecule has 0 aliphatic heterocycles. The zero-order chi connectivity index (χ0) is 17.0. The first-order valence-electron chi connectivity index (χ1n) is 10.1. The third kappa shape index (κ3) is 21.2. The zero-order valence-electron chi connectivity index (χ0n) is 15.5. The first-order chi connectivity index (χ1) is 11.3. The molecule has 136 valence electrons. The fraction of sp³-hybridized carbons (Fsp3) is 0.857. The quantitative estimate of drug-likeness (QED) is 0.212. The van der Waals surface area contributed by atoms with Gasteiger partial charge in [-0.25, -0.2) is 0 Å². The highest BCUT2D eigenvalue weighted by Gasteiger charge is 1.96. The lowest BCUT2D eigenvalue weighted by molar-refractivity contribution is -0.137. The normalized spacial score (nSPS) is 11.3. The van der Waals surface area contributed by atoms with E-state index in [0.29, 0.717) is 6.42 Å². The Morgan fingerprint density at radius 3 is 1.48 bits per heavy atom. The monoisotopic (exact) mass is 324 g/mol. The molecule has 0 aromatic rings. The predicted octanol–water partition coefficient (Wildman–Crippen LogP) is 7.28.